The molecule has 0 bridgehead atoms. The molecule has 0 atom stereocenters. The predicted octanol–water partition coefficient (Wildman–Crippen LogP) is 1.60. The standard InChI is InChI=1S/C10H14N2O2.ClH/c1-13-8-4-3-7(6-10(11)12)5-9(8)14-2;/h3-5H,6H2,1-2H3,(H3,11,12);1H. The van der Waals surface area contributed by atoms with Gasteiger partial charge in [0.1, 0.15) is 0 Å². The maximum absolute atomic E-state index is 7.16. The lowest BCUT2D eigenvalue weighted by atomic mass is 10.1. The van der Waals surface area contributed by atoms with Gasteiger partial charge in [-0.2, -0.15) is 0 Å². The van der Waals surface area contributed by atoms with Gasteiger partial charge in [-0.05, 0) is 17.7 Å². The Morgan fingerprint density at radius 1 is 1.27 bits per heavy atom. The molecule has 0 saturated carbocycles. The number of ether oxygens (including phenoxy) is 2. The first kappa shape index (κ1) is 13.6. The maximum atomic E-state index is 7.16. The molecule has 0 aliphatic heterocycles. The minimum Gasteiger partial charge on any atom is -0.493 e. The Balaban J connectivity index is 0.00000196. The van der Waals surface area contributed by atoms with Crippen molar-refractivity contribution in [3.63, 3.8) is 0 Å². The van der Waals surface area contributed by atoms with Crippen LogP contribution in [0.25, 0.3) is 0 Å². The van der Waals surface area contributed by atoms with Crippen molar-refractivity contribution >= 4 is 18.2 Å². The molecule has 0 spiro atoms. The van der Waals surface area contributed by atoms with Gasteiger partial charge in [0.25, 0.3) is 0 Å². The summed E-state index contributed by atoms with van der Waals surface area (Å²) in [6.07, 6.45) is 0.431. The van der Waals surface area contributed by atoms with Crippen LogP contribution in [0.2, 0.25) is 0 Å². The molecule has 0 radical (unpaired) electrons. The lowest BCUT2D eigenvalue weighted by molar-refractivity contribution is 0.354. The summed E-state index contributed by atoms with van der Waals surface area (Å²) in [6, 6.07) is 5.49. The third-order valence-electron chi connectivity index (χ3n) is 1.84. The van der Waals surface area contributed by atoms with E-state index >= 15 is 0 Å². The van der Waals surface area contributed by atoms with E-state index in [0.29, 0.717) is 17.9 Å². The maximum Gasteiger partial charge on any atom is 0.161 e. The quantitative estimate of drug-likeness (QED) is 0.610. The summed E-state index contributed by atoms with van der Waals surface area (Å²) in [5, 5.41) is 7.16. The number of amidine groups is 1. The number of nitrogens with one attached hydrogen (secondary N) is 1. The fraction of sp³-hybridized carbons (Fsp3) is 0.300. The van der Waals surface area contributed by atoms with Crippen LogP contribution in [-0.4, -0.2) is 20.1 Å². The van der Waals surface area contributed by atoms with Crippen LogP contribution in [0.1, 0.15) is 5.56 Å². The zero-order chi connectivity index (χ0) is 10.6. The number of halogens is 1. The molecule has 1 aromatic carbocycles. The van der Waals surface area contributed by atoms with E-state index in [-0.39, 0.29) is 18.2 Å². The lowest BCUT2D eigenvalue weighted by Crippen LogP contribution is -2.12. The van der Waals surface area contributed by atoms with E-state index in [1.54, 1.807) is 20.3 Å². The van der Waals surface area contributed by atoms with Crippen LogP contribution in [0.4, 0.5) is 0 Å². The van der Waals surface area contributed by atoms with Gasteiger partial charge < -0.3 is 15.2 Å². The summed E-state index contributed by atoms with van der Waals surface area (Å²) in [5.41, 5.74) is 6.24. The third kappa shape index (κ3) is 3.67. The molecule has 1 aromatic rings. The van der Waals surface area contributed by atoms with E-state index in [1.807, 2.05) is 12.1 Å². The van der Waals surface area contributed by atoms with Crippen LogP contribution in [0.5, 0.6) is 11.5 Å². The first-order chi connectivity index (χ1) is 6.67. The molecule has 0 aliphatic carbocycles. The Morgan fingerprint density at radius 2 is 1.87 bits per heavy atom. The van der Waals surface area contributed by atoms with Crippen LogP contribution < -0.4 is 15.2 Å². The van der Waals surface area contributed by atoms with Crippen molar-refractivity contribution in [2.75, 3.05) is 14.2 Å². The molecule has 1 rings (SSSR count). The SMILES string of the molecule is COc1ccc(CC(=N)N)cc1OC.Cl. The van der Waals surface area contributed by atoms with Gasteiger partial charge in [0.15, 0.2) is 11.5 Å². The van der Waals surface area contributed by atoms with Crippen LogP contribution in [0.15, 0.2) is 18.2 Å². The second-order valence-electron chi connectivity index (χ2n) is 2.89. The van der Waals surface area contributed by atoms with Crippen molar-refractivity contribution < 1.29 is 9.47 Å². The molecular weight excluding hydrogens is 216 g/mol. The zero-order valence-corrected chi connectivity index (χ0v) is 9.56. The topological polar surface area (TPSA) is 68.3 Å². The number of nitrogens with two attached hydrogens (primary N) is 1. The van der Waals surface area contributed by atoms with Crippen LogP contribution in [-0.2, 0) is 6.42 Å². The smallest absolute Gasteiger partial charge is 0.161 e. The Labute approximate surface area is 95.3 Å². The van der Waals surface area contributed by atoms with Crippen molar-refractivity contribution in [3.8, 4) is 11.5 Å². The van der Waals surface area contributed by atoms with Crippen molar-refractivity contribution in [1.29, 1.82) is 5.41 Å². The van der Waals surface area contributed by atoms with E-state index in [0.717, 1.165) is 5.56 Å². The third-order valence-corrected chi connectivity index (χ3v) is 1.84. The highest BCUT2D eigenvalue weighted by molar-refractivity contribution is 5.85. The highest BCUT2D eigenvalue weighted by Gasteiger charge is 2.04. The van der Waals surface area contributed by atoms with E-state index in [2.05, 4.69) is 0 Å². The Hall–Kier alpha value is -1.42. The average molecular weight is 231 g/mol. The zero-order valence-electron chi connectivity index (χ0n) is 8.74. The van der Waals surface area contributed by atoms with Gasteiger partial charge in [0, 0.05) is 6.42 Å². The van der Waals surface area contributed by atoms with Crippen LogP contribution in [0, 0.1) is 5.41 Å². The molecular formula is C10H15ClN2O2. The molecule has 0 heterocycles. The van der Waals surface area contributed by atoms with Gasteiger partial charge in [-0.15, -0.1) is 12.4 Å². The molecule has 0 aromatic heterocycles. The second-order valence-corrected chi connectivity index (χ2v) is 2.89. The normalized spacial score (nSPS) is 8.93. The molecule has 3 N–H and O–H groups in total. The molecule has 84 valence electrons. The lowest BCUT2D eigenvalue weighted by Gasteiger charge is -2.08. The minimum absolute atomic E-state index is 0. The van der Waals surface area contributed by atoms with Gasteiger partial charge >= 0.3 is 0 Å². The fourth-order valence-corrected chi connectivity index (χ4v) is 1.21. The first-order valence-corrected chi connectivity index (χ1v) is 4.21. The van der Waals surface area contributed by atoms with Gasteiger partial charge in [-0.3, -0.25) is 5.41 Å². The van der Waals surface area contributed by atoms with Crippen LogP contribution in [0.3, 0.4) is 0 Å². The summed E-state index contributed by atoms with van der Waals surface area (Å²) in [4.78, 5) is 0. The summed E-state index contributed by atoms with van der Waals surface area (Å²) in [6.45, 7) is 0. The Kier molecular flexibility index (Phi) is 5.56. The van der Waals surface area contributed by atoms with Crippen molar-refractivity contribution in [2.45, 2.75) is 6.42 Å². The van der Waals surface area contributed by atoms with E-state index in [1.165, 1.54) is 0 Å². The Bertz CT molecular complexity index is 342. The number of hydrogen-bond donors (Lipinski definition) is 2. The van der Waals surface area contributed by atoms with Gasteiger partial charge in [0.2, 0.25) is 0 Å². The average Bonchev–Trinajstić information content (AvgIpc) is 2.16. The van der Waals surface area contributed by atoms with E-state index in [9.17, 15) is 0 Å². The summed E-state index contributed by atoms with van der Waals surface area (Å²) >= 11 is 0. The van der Waals surface area contributed by atoms with Crippen molar-refractivity contribution in [1.82, 2.24) is 0 Å². The molecule has 0 saturated heterocycles. The monoisotopic (exact) mass is 230 g/mol. The van der Waals surface area contributed by atoms with Gasteiger partial charge in [-0.25, -0.2) is 0 Å². The number of hydrogen-bond acceptors (Lipinski definition) is 3. The predicted molar refractivity (Wildman–Crippen MR) is 62.4 cm³/mol. The molecule has 15 heavy (non-hydrogen) atoms. The van der Waals surface area contributed by atoms with Crippen molar-refractivity contribution in [3.05, 3.63) is 23.8 Å². The first-order valence-electron chi connectivity index (χ1n) is 4.21. The number of benzene rings is 1. The molecule has 0 aliphatic rings. The second kappa shape index (κ2) is 6.14. The summed E-state index contributed by atoms with van der Waals surface area (Å²) < 4.78 is 10.2. The van der Waals surface area contributed by atoms with Crippen LogP contribution >= 0.6 is 12.4 Å². The highest BCUT2D eigenvalue weighted by Crippen LogP contribution is 2.27. The molecule has 0 amide bonds. The number of methoxy groups -OCH3 is 2. The number of rotatable bonds is 4. The molecule has 0 fully saturated rings. The largest absolute Gasteiger partial charge is 0.493 e. The van der Waals surface area contributed by atoms with Crippen molar-refractivity contribution in [2.24, 2.45) is 5.73 Å². The summed E-state index contributed by atoms with van der Waals surface area (Å²) in [5.74, 6) is 1.48. The fourth-order valence-electron chi connectivity index (χ4n) is 1.21. The van der Waals surface area contributed by atoms with E-state index in [4.69, 9.17) is 20.6 Å². The van der Waals surface area contributed by atoms with Gasteiger partial charge in [0.05, 0.1) is 20.1 Å². The van der Waals surface area contributed by atoms with Gasteiger partial charge in [-0.1, -0.05) is 6.07 Å². The molecule has 4 nitrogen and oxygen atoms in total. The molecule has 0 unspecified atom stereocenters. The highest BCUT2D eigenvalue weighted by atomic mass is 35.5. The summed E-state index contributed by atoms with van der Waals surface area (Å²) in [7, 11) is 3.16. The minimum atomic E-state index is 0. The Morgan fingerprint density at radius 3 is 2.33 bits per heavy atom. The van der Waals surface area contributed by atoms with E-state index < -0.39 is 0 Å². The molecule has 5 heteroatoms.